The maximum absolute atomic E-state index is 6.01. The number of hydrogen-bond donors (Lipinski definition) is 0. The number of ether oxygens (including phenoxy) is 2. The van der Waals surface area contributed by atoms with Crippen LogP contribution in [0.1, 0.15) is 22.7 Å². The fraction of sp³-hybridized carbons (Fsp3) is 0.455. The van der Waals surface area contributed by atoms with Gasteiger partial charge in [-0.3, -0.25) is 0 Å². The lowest BCUT2D eigenvalue weighted by Crippen LogP contribution is -2.32. The van der Waals surface area contributed by atoms with Gasteiger partial charge >= 0.3 is 0 Å². The largest absolute Gasteiger partial charge is 0.383 e. The highest BCUT2D eigenvalue weighted by Gasteiger charge is 2.24. The summed E-state index contributed by atoms with van der Waals surface area (Å²) in [6.07, 6.45) is 3.49. The molecule has 160 valence electrons. The van der Waals surface area contributed by atoms with Crippen molar-refractivity contribution in [2.24, 2.45) is 0 Å². The van der Waals surface area contributed by atoms with Gasteiger partial charge < -0.3 is 14.4 Å². The minimum atomic E-state index is 0.649. The molecule has 0 unspecified atom stereocenters. The molecule has 4 rings (SSSR count). The van der Waals surface area contributed by atoms with E-state index in [1.807, 2.05) is 35.6 Å². The zero-order valence-electron chi connectivity index (χ0n) is 17.3. The molecule has 1 aliphatic carbocycles. The average Bonchev–Trinajstić information content (AvgIpc) is 3.34. The second-order valence-corrected chi connectivity index (χ2v) is 9.78. The summed E-state index contributed by atoms with van der Waals surface area (Å²) in [5, 5.41) is 1.99. The Balaban J connectivity index is 1.68. The van der Waals surface area contributed by atoms with Gasteiger partial charge in [0, 0.05) is 42.1 Å². The molecule has 5 nitrogen and oxygen atoms in total. The molecule has 1 aromatic carbocycles. The van der Waals surface area contributed by atoms with Gasteiger partial charge in [-0.25, -0.2) is 9.97 Å². The third kappa shape index (κ3) is 4.92. The maximum Gasteiger partial charge on any atom is 0.142 e. The molecule has 0 saturated carbocycles. The van der Waals surface area contributed by atoms with Crippen LogP contribution in [-0.4, -0.2) is 50.5 Å². The van der Waals surface area contributed by atoms with Crippen LogP contribution in [0.2, 0.25) is 5.02 Å². The van der Waals surface area contributed by atoms with Gasteiger partial charge in [0.15, 0.2) is 0 Å². The Hall–Kier alpha value is -1.38. The lowest BCUT2D eigenvalue weighted by molar-refractivity contribution is 0.190. The van der Waals surface area contributed by atoms with E-state index in [4.69, 9.17) is 31.0 Å². The molecule has 0 N–H and O–H groups in total. The van der Waals surface area contributed by atoms with Crippen molar-refractivity contribution >= 4 is 50.7 Å². The number of anilines is 1. The number of hydrogen-bond acceptors (Lipinski definition) is 7. The van der Waals surface area contributed by atoms with E-state index in [2.05, 4.69) is 4.90 Å². The summed E-state index contributed by atoms with van der Waals surface area (Å²) >= 11 is 9.58. The minimum Gasteiger partial charge on any atom is -0.383 e. The molecule has 0 saturated heterocycles. The average molecular weight is 464 g/mol. The summed E-state index contributed by atoms with van der Waals surface area (Å²) in [6, 6.07) is 7.91. The van der Waals surface area contributed by atoms with E-state index in [0.717, 1.165) is 58.1 Å². The van der Waals surface area contributed by atoms with E-state index < -0.39 is 0 Å². The second kappa shape index (κ2) is 10.3. The van der Waals surface area contributed by atoms with E-state index in [0.29, 0.717) is 13.2 Å². The number of thiophene rings is 1. The smallest absolute Gasteiger partial charge is 0.142 e. The molecule has 0 spiro atoms. The Labute approximate surface area is 190 Å². The van der Waals surface area contributed by atoms with Crippen LogP contribution in [0.25, 0.3) is 10.2 Å². The minimum absolute atomic E-state index is 0.649. The van der Waals surface area contributed by atoms with Crippen molar-refractivity contribution in [3.05, 3.63) is 45.6 Å². The summed E-state index contributed by atoms with van der Waals surface area (Å²) in [7, 11) is 3.47. The van der Waals surface area contributed by atoms with Gasteiger partial charge in [-0.1, -0.05) is 11.6 Å². The van der Waals surface area contributed by atoms with Crippen LogP contribution in [0.15, 0.2) is 29.2 Å². The molecule has 3 aromatic rings. The Kier molecular flexibility index (Phi) is 7.49. The third-order valence-electron chi connectivity index (χ3n) is 5.20. The van der Waals surface area contributed by atoms with E-state index in [9.17, 15) is 0 Å². The first-order valence-electron chi connectivity index (χ1n) is 10.1. The third-order valence-corrected chi connectivity index (χ3v) is 7.65. The van der Waals surface area contributed by atoms with E-state index in [1.54, 1.807) is 26.0 Å². The monoisotopic (exact) mass is 463 g/mol. The number of thioether (sulfide) groups is 1. The van der Waals surface area contributed by atoms with Crippen molar-refractivity contribution in [2.45, 2.75) is 29.9 Å². The fourth-order valence-electron chi connectivity index (χ4n) is 3.72. The maximum atomic E-state index is 6.01. The number of rotatable bonds is 10. The quantitative estimate of drug-likeness (QED) is 0.384. The number of methoxy groups -OCH3 is 2. The molecule has 30 heavy (non-hydrogen) atoms. The second-order valence-electron chi connectivity index (χ2n) is 7.22. The van der Waals surface area contributed by atoms with E-state index in [-0.39, 0.29) is 0 Å². The van der Waals surface area contributed by atoms with Crippen molar-refractivity contribution in [2.75, 3.05) is 45.4 Å². The van der Waals surface area contributed by atoms with Crippen LogP contribution >= 0.6 is 34.7 Å². The first-order chi connectivity index (χ1) is 14.7. The summed E-state index contributed by atoms with van der Waals surface area (Å²) in [6.45, 7) is 2.85. The van der Waals surface area contributed by atoms with Crippen LogP contribution in [0, 0.1) is 0 Å². The standard InChI is InChI=1S/C22H26ClN3O2S2/c1-27-12-10-26(11-13-28-2)21-20-17-4-3-5-18(17)30-22(20)25-19(24-21)14-29-16-8-6-15(23)7-9-16/h6-9H,3-5,10-14H2,1-2H3. The van der Waals surface area contributed by atoms with Gasteiger partial charge in [-0.2, -0.15) is 0 Å². The molecule has 0 amide bonds. The fourth-order valence-corrected chi connectivity index (χ4v) is 5.87. The molecule has 1 aliphatic rings. The van der Waals surface area contributed by atoms with Crippen LogP contribution in [0.3, 0.4) is 0 Å². The highest BCUT2D eigenvalue weighted by atomic mass is 35.5. The number of halogens is 1. The topological polar surface area (TPSA) is 47.5 Å². The summed E-state index contributed by atoms with van der Waals surface area (Å²) < 4.78 is 10.7. The van der Waals surface area contributed by atoms with Crippen molar-refractivity contribution in [1.82, 2.24) is 9.97 Å². The number of aryl methyl sites for hydroxylation is 2. The van der Waals surface area contributed by atoms with Crippen LogP contribution in [0.5, 0.6) is 0 Å². The Morgan fingerprint density at radius 1 is 1.07 bits per heavy atom. The zero-order chi connectivity index (χ0) is 20.9. The molecule has 0 radical (unpaired) electrons. The zero-order valence-corrected chi connectivity index (χ0v) is 19.7. The van der Waals surface area contributed by atoms with Crippen molar-refractivity contribution in [3.8, 4) is 0 Å². The molecule has 0 atom stereocenters. The predicted molar refractivity (Wildman–Crippen MR) is 126 cm³/mol. The Morgan fingerprint density at radius 2 is 1.80 bits per heavy atom. The van der Waals surface area contributed by atoms with Gasteiger partial charge in [-0.15, -0.1) is 23.1 Å². The summed E-state index contributed by atoms with van der Waals surface area (Å²) in [4.78, 5) is 16.0. The lowest BCUT2D eigenvalue weighted by Gasteiger charge is -2.24. The molecule has 0 bridgehead atoms. The van der Waals surface area contributed by atoms with Gasteiger partial charge in [0.25, 0.3) is 0 Å². The number of aromatic nitrogens is 2. The Bertz CT molecular complexity index is 986. The van der Waals surface area contributed by atoms with Gasteiger partial charge in [0.05, 0.1) is 24.4 Å². The van der Waals surface area contributed by atoms with Gasteiger partial charge in [0.1, 0.15) is 16.5 Å². The van der Waals surface area contributed by atoms with Crippen LogP contribution in [-0.2, 0) is 28.1 Å². The predicted octanol–water partition coefficient (Wildman–Crippen LogP) is 5.22. The molecule has 8 heteroatoms. The molecule has 2 heterocycles. The van der Waals surface area contributed by atoms with Gasteiger partial charge in [-0.05, 0) is 49.1 Å². The first-order valence-corrected chi connectivity index (χ1v) is 12.3. The molecular formula is C22H26ClN3O2S2. The van der Waals surface area contributed by atoms with Crippen LogP contribution in [0.4, 0.5) is 5.82 Å². The van der Waals surface area contributed by atoms with Crippen molar-refractivity contribution < 1.29 is 9.47 Å². The normalized spacial score (nSPS) is 13.2. The van der Waals surface area contributed by atoms with Crippen molar-refractivity contribution in [1.29, 1.82) is 0 Å². The molecule has 2 aromatic heterocycles. The highest BCUT2D eigenvalue weighted by Crippen LogP contribution is 2.41. The molecular weight excluding hydrogens is 438 g/mol. The number of benzene rings is 1. The molecule has 0 fully saturated rings. The van der Waals surface area contributed by atoms with Gasteiger partial charge in [0.2, 0.25) is 0 Å². The summed E-state index contributed by atoms with van der Waals surface area (Å²) in [5.74, 6) is 2.60. The summed E-state index contributed by atoms with van der Waals surface area (Å²) in [5.41, 5.74) is 1.45. The van der Waals surface area contributed by atoms with Crippen LogP contribution < -0.4 is 4.90 Å². The Morgan fingerprint density at radius 3 is 2.50 bits per heavy atom. The SMILES string of the molecule is COCCN(CCOC)c1nc(CSc2ccc(Cl)cc2)nc2sc3c(c12)CCC3. The van der Waals surface area contributed by atoms with Crippen molar-refractivity contribution in [3.63, 3.8) is 0 Å². The van der Waals surface area contributed by atoms with E-state index in [1.165, 1.54) is 22.2 Å². The highest BCUT2D eigenvalue weighted by molar-refractivity contribution is 7.98. The number of nitrogens with zero attached hydrogens (tertiary/aromatic N) is 3. The first kappa shape index (κ1) is 21.8. The molecule has 0 aliphatic heterocycles. The number of fused-ring (bicyclic) bond motifs is 3. The lowest BCUT2D eigenvalue weighted by atomic mass is 10.2. The van der Waals surface area contributed by atoms with E-state index >= 15 is 0 Å².